The quantitative estimate of drug-likeness (QED) is 0.518. The summed E-state index contributed by atoms with van der Waals surface area (Å²) in [6, 6.07) is 16.7. The predicted octanol–water partition coefficient (Wildman–Crippen LogP) is 6.91. The molecule has 2 heteroatoms. The van der Waals surface area contributed by atoms with Crippen LogP contribution in [0.1, 0.15) is 65.5 Å². The van der Waals surface area contributed by atoms with Crippen LogP contribution in [0.2, 0.25) is 0 Å². The summed E-state index contributed by atoms with van der Waals surface area (Å²) >= 11 is 0. The van der Waals surface area contributed by atoms with E-state index in [1.165, 1.54) is 11.1 Å². The molecular formula is C23H36O2. The van der Waals surface area contributed by atoms with Crippen LogP contribution in [-0.2, 0) is 6.42 Å². The van der Waals surface area contributed by atoms with E-state index in [4.69, 9.17) is 9.47 Å². The zero-order valence-electron chi connectivity index (χ0n) is 17.0. The van der Waals surface area contributed by atoms with E-state index in [9.17, 15) is 0 Å². The van der Waals surface area contributed by atoms with Gasteiger partial charge < -0.3 is 9.47 Å². The molecule has 0 aliphatic carbocycles. The van der Waals surface area contributed by atoms with Gasteiger partial charge in [-0.2, -0.15) is 0 Å². The van der Waals surface area contributed by atoms with E-state index in [2.05, 4.69) is 38.1 Å². The molecule has 2 rings (SSSR count). The Morgan fingerprint density at radius 2 is 0.880 bits per heavy atom. The second kappa shape index (κ2) is 15.6. The van der Waals surface area contributed by atoms with Gasteiger partial charge in [0.05, 0.1) is 13.2 Å². The molecule has 2 nitrogen and oxygen atoms in total. The van der Waals surface area contributed by atoms with Crippen LogP contribution in [-0.4, -0.2) is 13.2 Å². The van der Waals surface area contributed by atoms with Crippen molar-refractivity contribution in [3.05, 3.63) is 59.7 Å². The summed E-state index contributed by atoms with van der Waals surface area (Å²) in [5.74, 6) is 1.90. The van der Waals surface area contributed by atoms with E-state index in [0.717, 1.165) is 44.0 Å². The minimum atomic E-state index is 0.776. The molecule has 0 heterocycles. The summed E-state index contributed by atoms with van der Waals surface area (Å²) in [6.07, 6.45) is 3.00. The molecule has 2 aromatic carbocycles. The van der Waals surface area contributed by atoms with Gasteiger partial charge in [0.1, 0.15) is 11.5 Å². The predicted molar refractivity (Wildman–Crippen MR) is 110 cm³/mol. The standard InChI is InChI=1S/C19H24O2.2C2H6/c1-3-13-20-18-9-5-16(6-10-18)15-17-7-11-19(12-8-17)21-14-4-2;2*1-2/h5-12H,3-4,13-15H2,1-2H3;2*1-2H3. The van der Waals surface area contributed by atoms with Crippen molar-refractivity contribution in [3.8, 4) is 11.5 Å². The van der Waals surface area contributed by atoms with Gasteiger partial charge in [0.25, 0.3) is 0 Å². The van der Waals surface area contributed by atoms with E-state index < -0.39 is 0 Å². The highest BCUT2D eigenvalue weighted by atomic mass is 16.5. The van der Waals surface area contributed by atoms with Crippen LogP contribution in [0.5, 0.6) is 11.5 Å². The van der Waals surface area contributed by atoms with E-state index in [0.29, 0.717) is 0 Å². The van der Waals surface area contributed by atoms with E-state index in [1.54, 1.807) is 0 Å². The highest BCUT2D eigenvalue weighted by Crippen LogP contribution is 2.18. The van der Waals surface area contributed by atoms with E-state index >= 15 is 0 Å². The highest BCUT2D eigenvalue weighted by molar-refractivity contribution is 5.34. The van der Waals surface area contributed by atoms with Crippen LogP contribution < -0.4 is 9.47 Å². The molecule has 0 spiro atoms. The van der Waals surface area contributed by atoms with Crippen LogP contribution in [0, 0.1) is 0 Å². The van der Waals surface area contributed by atoms with Crippen molar-refractivity contribution in [1.29, 1.82) is 0 Å². The fourth-order valence-electron chi connectivity index (χ4n) is 2.08. The van der Waals surface area contributed by atoms with Crippen LogP contribution >= 0.6 is 0 Å². The lowest BCUT2D eigenvalue weighted by molar-refractivity contribution is 0.317. The smallest absolute Gasteiger partial charge is 0.119 e. The molecular weight excluding hydrogens is 308 g/mol. The lowest BCUT2D eigenvalue weighted by Crippen LogP contribution is -1.96. The van der Waals surface area contributed by atoms with Crippen molar-refractivity contribution in [2.75, 3.05) is 13.2 Å². The van der Waals surface area contributed by atoms with Gasteiger partial charge in [-0.15, -0.1) is 0 Å². The van der Waals surface area contributed by atoms with Crippen LogP contribution in [0.15, 0.2) is 48.5 Å². The molecule has 0 saturated carbocycles. The molecule has 0 radical (unpaired) electrons. The molecule has 0 amide bonds. The third-order valence-corrected chi connectivity index (χ3v) is 3.20. The average Bonchev–Trinajstić information content (AvgIpc) is 2.70. The van der Waals surface area contributed by atoms with Crippen LogP contribution in [0.4, 0.5) is 0 Å². The average molecular weight is 345 g/mol. The molecule has 0 unspecified atom stereocenters. The molecule has 0 aromatic heterocycles. The third kappa shape index (κ3) is 9.81. The Morgan fingerprint density at radius 3 is 1.16 bits per heavy atom. The molecule has 25 heavy (non-hydrogen) atoms. The molecule has 0 aliphatic rings. The summed E-state index contributed by atoms with van der Waals surface area (Å²) < 4.78 is 11.2. The van der Waals surface area contributed by atoms with Gasteiger partial charge in [-0.25, -0.2) is 0 Å². The number of benzene rings is 2. The maximum absolute atomic E-state index is 5.60. The van der Waals surface area contributed by atoms with Gasteiger partial charge in [-0.05, 0) is 54.7 Å². The van der Waals surface area contributed by atoms with Gasteiger partial charge in [0.15, 0.2) is 0 Å². The first kappa shape index (κ1) is 23.0. The SMILES string of the molecule is CC.CC.CCCOc1ccc(Cc2ccc(OCCC)cc2)cc1. The molecule has 2 aromatic rings. The summed E-state index contributed by atoms with van der Waals surface area (Å²) in [5, 5.41) is 0. The Balaban J connectivity index is 0.00000134. The number of hydrogen-bond acceptors (Lipinski definition) is 2. The molecule has 0 fully saturated rings. The van der Waals surface area contributed by atoms with Crippen molar-refractivity contribution in [2.24, 2.45) is 0 Å². The highest BCUT2D eigenvalue weighted by Gasteiger charge is 1.99. The van der Waals surface area contributed by atoms with Crippen LogP contribution in [0.3, 0.4) is 0 Å². The fraction of sp³-hybridized carbons (Fsp3) is 0.478. The topological polar surface area (TPSA) is 18.5 Å². The minimum Gasteiger partial charge on any atom is -0.494 e. The first-order valence-electron chi connectivity index (χ1n) is 9.75. The number of rotatable bonds is 8. The zero-order chi connectivity index (χ0) is 18.9. The molecule has 0 bridgehead atoms. The Bertz CT molecular complexity index is 465. The Morgan fingerprint density at radius 1 is 0.560 bits per heavy atom. The normalized spacial score (nSPS) is 9.20. The summed E-state index contributed by atoms with van der Waals surface area (Å²) in [4.78, 5) is 0. The maximum atomic E-state index is 5.60. The number of hydrogen-bond donors (Lipinski definition) is 0. The summed E-state index contributed by atoms with van der Waals surface area (Å²) in [6.45, 7) is 13.8. The first-order chi connectivity index (χ1) is 12.3. The zero-order valence-corrected chi connectivity index (χ0v) is 17.0. The Kier molecular flexibility index (Phi) is 14.3. The second-order valence-electron chi connectivity index (χ2n) is 5.16. The number of ether oxygens (including phenoxy) is 2. The van der Waals surface area contributed by atoms with Crippen molar-refractivity contribution in [1.82, 2.24) is 0 Å². The molecule has 0 saturated heterocycles. The van der Waals surface area contributed by atoms with Crippen molar-refractivity contribution in [3.63, 3.8) is 0 Å². The Hall–Kier alpha value is -1.96. The molecule has 0 aliphatic heterocycles. The minimum absolute atomic E-state index is 0.776. The van der Waals surface area contributed by atoms with E-state index in [-0.39, 0.29) is 0 Å². The van der Waals surface area contributed by atoms with Gasteiger partial charge >= 0.3 is 0 Å². The second-order valence-corrected chi connectivity index (χ2v) is 5.16. The monoisotopic (exact) mass is 344 g/mol. The molecule has 0 N–H and O–H groups in total. The maximum Gasteiger partial charge on any atom is 0.119 e. The first-order valence-corrected chi connectivity index (χ1v) is 9.75. The van der Waals surface area contributed by atoms with Crippen molar-refractivity contribution in [2.45, 2.75) is 60.8 Å². The lowest BCUT2D eigenvalue weighted by Gasteiger charge is -2.08. The lowest BCUT2D eigenvalue weighted by atomic mass is 10.0. The Labute approximate surface area is 155 Å². The van der Waals surface area contributed by atoms with Crippen LogP contribution in [0.25, 0.3) is 0 Å². The molecule has 140 valence electrons. The van der Waals surface area contributed by atoms with Crippen molar-refractivity contribution < 1.29 is 9.47 Å². The summed E-state index contributed by atoms with van der Waals surface area (Å²) in [5.41, 5.74) is 2.59. The molecule has 0 atom stereocenters. The van der Waals surface area contributed by atoms with Gasteiger partial charge in [-0.3, -0.25) is 0 Å². The largest absolute Gasteiger partial charge is 0.494 e. The van der Waals surface area contributed by atoms with Gasteiger partial charge in [0.2, 0.25) is 0 Å². The summed E-state index contributed by atoms with van der Waals surface area (Å²) in [7, 11) is 0. The van der Waals surface area contributed by atoms with E-state index in [1.807, 2.05) is 52.0 Å². The third-order valence-electron chi connectivity index (χ3n) is 3.20. The fourth-order valence-corrected chi connectivity index (χ4v) is 2.08. The van der Waals surface area contributed by atoms with Crippen molar-refractivity contribution >= 4 is 0 Å². The van der Waals surface area contributed by atoms with Gasteiger partial charge in [0, 0.05) is 0 Å². The van der Waals surface area contributed by atoms with Gasteiger partial charge in [-0.1, -0.05) is 65.8 Å².